The Kier molecular flexibility index (Phi) is 6.35. The predicted molar refractivity (Wildman–Crippen MR) is 118 cm³/mol. The highest BCUT2D eigenvalue weighted by molar-refractivity contribution is 7.89. The van der Waals surface area contributed by atoms with Crippen LogP contribution in [0.15, 0.2) is 66.0 Å². The molecular formula is C22H25N5O4S. The van der Waals surface area contributed by atoms with Gasteiger partial charge in [-0.15, -0.1) is 0 Å². The molecule has 1 aliphatic rings. The topological polar surface area (TPSA) is 106 Å². The van der Waals surface area contributed by atoms with E-state index in [1.165, 1.54) is 28.6 Å². The fourth-order valence-electron chi connectivity index (χ4n) is 3.60. The van der Waals surface area contributed by atoms with Gasteiger partial charge in [0.2, 0.25) is 10.0 Å². The monoisotopic (exact) mass is 455 g/mol. The molecule has 0 spiro atoms. The fraction of sp³-hybridized carbons (Fsp3) is 0.318. The molecule has 2 atom stereocenters. The lowest BCUT2D eigenvalue weighted by Gasteiger charge is -2.34. The minimum atomic E-state index is -3.64. The van der Waals surface area contributed by atoms with Gasteiger partial charge in [0, 0.05) is 43.8 Å². The number of ether oxygens (including phenoxy) is 1. The number of nitrogens with zero attached hydrogens (tertiary/aromatic N) is 4. The molecule has 1 fully saturated rings. The minimum absolute atomic E-state index is 0.161. The first-order valence-electron chi connectivity index (χ1n) is 10.3. The number of amides is 1. The van der Waals surface area contributed by atoms with Crippen LogP contribution in [0.3, 0.4) is 0 Å². The number of hydrogen-bond donors (Lipinski definition) is 1. The van der Waals surface area contributed by atoms with Crippen LogP contribution in [0.1, 0.15) is 29.8 Å². The second-order valence-electron chi connectivity index (χ2n) is 7.76. The lowest BCUT2D eigenvalue weighted by Crippen LogP contribution is -2.48. The summed E-state index contributed by atoms with van der Waals surface area (Å²) in [7, 11) is -3.64. The summed E-state index contributed by atoms with van der Waals surface area (Å²) >= 11 is 0. The average Bonchev–Trinajstić information content (AvgIpc) is 3.32. The Labute approximate surface area is 187 Å². The molecule has 1 N–H and O–H groups in total. The van der Waals surface area contributed by atoms with Crippen molar-refractivity contribution in [1.82, 2.24) is 24.4 Å². The minimum Gasteiger partial charge on any atom is -0.373 e. The van der Waals surface area contributed by atoms with Gasteiger partial charge in [0.1, 0.15) is 0 Å². The highest BCUT2D eigenvalue weighted by Crippen LogP contribution is 2.21. The fourth-order valence-corrected chi connectivity index (χ4v) is 5.19. The first kappa shape index (κ1) is 22.1. The molecule has 4 rings (SSSR count). The summed E-state index contributed by atoms with van der Waals surface area (Å²) in [6, 6.07) is 11.5. The van der Waals surface area contributed by atoms with Crippen LogP contribution in [0.5, 0.6) is 0 Å². The number of sulfonamides is 1. The Balaban J connectivity index is 1.38. The van der Waals surface area contributed by atoms with Crippen molar-refractivity contribution in [2.45, 2.75) is 37.5 Å². The number of carbonyl (C=O) groups excluding carboxylic acids is 1. The molecular weight excluding hydrogens is 430 g/mol. The van der Waals surface area contributed by atoms with Gasteiger partial charge >= 0.3 is 0 Å². The van der Waals surface area contributed by atoms with Crippen molar-refractivity contribution in [3.8, 4) is 5.82 Å². The van der Waals surface area contributed by atoms with Gasteiger partial charge in [0.25, 0.3) is 5.91 Å². The van der Waals surface area contributed by atoms with E-state index in [-0.39, 0.29) is 23.0 Å². The van der Waals surface area contributed by atoms with Gasteiger partial charge in [0.05, 0.1) is 17.1 Å². The average molecular weight is 456 g/mol. The molecule has 9 nitrogen and oxygen atoms in total. The van der Waals surface area contributed by atoms with E-state index in [1.807, 2.05) is 32.0 Å². The normalized spacial score (nSPS) is 19.6. The van der Waals surface area contributed by atoms with E-state index < -0.39 is 10.0 Å². The van der Waals surface area contributed by atoms with Crippen LogP contribution in [0.25, 0.3) is 5.82 Å². The van der Waals surface area contributed by atoms with E-state index >= 15 is 0 Å². The van der Waals surface area contributed by atoms with E-state index in [0.717, 1.165) is 5.56 Å². The third-order valence-electron chi connectivity index (χ3n) is 5.14. The van der Waals surface area contributed by atoms with Crippen molar-refractivity contribution >= 4 is 15.9 Å². The third kappa shape index (κ3) is 4.87. The van der Waals surface area contributed by atoms with Crippen molar-refractivity contribution < 1.29 is 17.9 Å². The summed E-state index contributed by atoms with van der Waals surface area (Å²) in [6.45, 7) is 4.62. The standard InChI is InChI=1S/C22H25N5O4S/c1-16-14-26(15-17(2)31-16)32(29,30)20-7-5-19(6-8-20)22(28)24-13-18-4-9-21(23-12-18)27-11-3-10-25-27/h3-12,16-17H,13-15H2,1-2H3,(H,24,28). The van der Waals surface area contributed by atoms with Crippen LogP contribution in [-0.4, -0.2) is 58.7 Å². The van der Waals surface area contributed by atoms with Crippen molar-refractivity contribution in [2.24, 2.45) is 0 Å². The second-order valence-corrected chi connectivity index (χ2v) is 9.70. The first-order chi connectivity index (χ1) is 15.3. The zero-order valence-electron chi connectivity index (χ0n) is 17.9. The smallest absolute Gasteiger partial charge is 0.251 e. The highest BCUT2D eigenvalue weighted by atomic mass is 32.2. The molecule has 32 heavy (non-hydrogen) atoms. The molecule has 3 aromatic rings. The largest absolute Gasteiger partial charge is 0.373 e. The predicted octanol–water partition coefficient (Wildman–Crippen LogP) is 2.00. The molecule has 1 aliphatic heterocycles. The van der Waals surface area contributed by atoms with E-state index in [0.29, 0.717) is 31.0 Å². The van der Waals surface area contributed by atoms with Crippen LogP contribution in [0.2, 0.25) is 0 Å². The lowest BCUT2D eigenvalue weighted by molar-refractivity contribution is -0.0440. The summed E-state index contributed by atoms with van der Waals surface area (Å²) < 4.78 is 34.6. The van der Waals surface area contributed by atoms with Gasteiger partial charge in [-0.05, 0) is 55.8 Å². The molecule has 0 radical (unpaired) electrons. The third-order valence-corrected chi connectivity index (χ3v) is 6.99. The Morgan fingerprint density at radius 2 is 1.84 bits per heavy atom. The molecule has 2 unspecified atom stereocenters. The molecule has 0 aliphatic carbocycles. The van der Waals surface area contributed by atoms with Crippen molar-refractivity contribution in [2.75, 3.05) is 13.1 Å². The van der Waals surface area contributed by atoms with Crippen LogP contribution in [-0.2, 0) is 21.3 Å². The molecule has 3 heterocycles. The van der Waals surface area contributed by atoms with Crippen molar-refractivity contribution in [3.63, 3.8) is 0 Å². The van der Waals surface area contributed by atoms with Crippen LogP contribution in [0.4, 0.5) is 0 Å². The highest BCUT2D eigenvalue weighted by Gasteiger charge is 2.32. The van der Waals surface area contributed by atoms with Gasteiger partial charge in [-0.2, -0.15) is 9.40 Å². The summed E-state index contributed by atoms with van der Waals surface area (Å²) in [5, 5.41) is 6.95. The zero-order valence-corrected chi connectivity index (χ0v) is 18.7. The number of rotatable bonds is 6. The van der Waals surface area contributed by atoms with Gasteiger partial charge in [-0.3, -0.25) is 4.79 Å². The van der Waals surface area contributed by atoms with Crippen molar-refractivity contribution in [1.29, 1.82) is 0 Å². The quantitative estimate of drug-likeness (QED) is 0.609. The Morgan fingerprint density at radius 1 is 1.12 bits per heavy atom. The SMILES string of the molecule is CC1CN(S(=O)(=O)c2ccc(C(=O)NCc3ccc(-n4cccn4)nc3)cc2)CC(C)O1. The van der Waals surface area contributed by atoms with Gasteiger partial charge < -0.3 is 10.1 Å². The molecule has 2 aromatic heterocycles. The zero-order chi connectivity index (χ0) is 22.7. The maximum absolute atomic E-state index is 12.9. The maximum atomic E-state index is 12.9. The van der Waals surface area contributed by atoms with E-state index in [9.17, 15) is 13.2 Å². The van der Waals surface area contributed by atoms with E-state index in [1.54, 1.807) is 23.3 Å². The van der Waals surface area contributed by atoms with E-state index in [4.69, 9.17) is 4.74 Å². The van der Waals surface area contributed by atoms with Crippen LogP contribution in [0, 0.1) is 0 Å². The Morgan fingerprint density at radius 3 is 2.44 bits per heavy atom. The Hall–Kier alpha value is -3.08. The molecule has 1 aromatic carbocycles. The van der Waals surface area contributed by atoms with E-state index in [2.05, 4.69) is 15.4 Å². The molecule has 10 heteroatoms. The molecule has 0 saturated carbocycles. The van der Waals surface area contributed by atoms with Crippen LogP contribution >= 0.6 is 0 Å². The molecule has 0 bridgehead atoms. The van der Waals surface area contributed by atoms with Gasteiger partial charge in [-0.25, -0.2) is 18.1 Å². The molecule has 1 amide bonds. The Bertz CT molecular complexity index is 1150. The lowest BCUT2D eigenvalue weighted by atomic mass is 10.2. The summed E-state index contributed by atoms with van der Waals surface area (Å²) in [4.78, 5) is 17.0. The first-order valence-corrected chi connectivity index (χ1v) is 11.8. The molecule has 168 valence electrons. The number of aromatic nitrogens is 3. The summed E-state index contributed by atoms with van der Waals surface area (Å²) in [5.41, 5.74) is 1.22. The van der Waals surface area contributed by atoms with Crippen molar-refractivity contribution in [3.05, 3.63) is 72.2 Å². The second kappa shape index (κ2) is 9.19. The molecule has 1 saturated heterocycles. The number of benzene rings is 1. The number of carbonyl (C=O) groups is 1. The summed E-state index contributed by atoms with van der Waals surface area (Å²) in [6.07, 6.45) is 4.82. The van der Waals surface area contributed by atoms with Gasteiger partial charge in [-0.1, -0.05) is 6.07 Å². The van der Waals surface area contributed by atoms with Crippen LogP contribution < -0.4 is 5.32 Å². The number of pyridine rings is 1. The maximum Gasteiger partial charge on any atom is 0.251 e. The number of morpholine rings is 1. The number of hydrogen-bond acceptors (Lipinski definition) is 6. The summed E-state index contributed by atoms with van der Waals surface area (Å²) in [5.74, 6) is 0.393. The number of nitrogens with one attached hydrogen (secondary N) is 1. The van der Waals surface area contributed by atoms with Gasteiger partial charge in [0.15, 0.2) is 5.82 Å².